The molecule has 0 aromatic heterocycles. The molecular weight excluding hydrogens is 480 g/mol. The van der Waals surface area contributed by atoms with E-state index in [4.69, 9.17) is 0 Å². The van der Waals surface area contributed by atoms with Gasteiger partial charge in [0, 0.05) is 0 Å². The van der Waals surface area contributed by atoms with Crippen LogP contribution in [-0.2, 0) is 5.41 Å². The average Bonchev–Trinajstić information content (AvgIpc) is 2.98. The van der Waals surface area contributed by atoms with Crippen LogP contribution in [-0.4, -0.2) is 0 Å². The van der Waals surface area contributed by atoms with Crippen molar-refractivity contribution in [3.8, 4) is 22.3 Å². The molecule has 0 heterocycles. The van der Waals surface area contributed by atoms with Crippen LogP contribution in [0.4, 0.5) is 0 Å². The van der Waals surface area contributed by atoms with Gasteiger partial charge in [0.1, 0.15) is 0 Å². The standard InChI is InChI=1S/C40H30/c1-40(2,3)39-34-15-8-7-14-31(34)37(25-10-5-4-6-11-25)33-23-20-29(24-35(33)39)30-21-18-28-17-16-26-12-9-13-27-19-22-32(30)38(28)36(26)27/h4-24H,1-3H3. The molecule has 0 heteroatoms. The third-order valence-electron chi connectivity index (χ3n) is 8.68. The molecule has 0 aliphatic heterocycles. The Kier molecular flexibility index (Phi) is 4.88. The maximum Gasteiger partial charge on any atom is -0.00206 e. The summed E-state index contributed by atoms with van der Waals surface area (Å²) in [7, 11) is 0. The average molecular weight is 511 g/mol. The highest BCUT2D eigenvalue weighted by Crippen LogP contribution is 2.46. The Bertz CT molecular complexity index is 2210. The molecule has 0 fully saturated rings. The monoisotopic (exact) mass is 510 g/mol. The zero-order chi connectivity index (χ0) is 27.0. The second kappa shape index (κ2) is 8.41. The fraction of sp³-hybridized carbons (Fsp3) is 0.100. The van der Waals surface area contributed by atoms with Gasteiger partial charge in [0.15, 0.2) is 0 Å². The predicted molar refractivity (Wildman–Crippen MR) is 175 cm³/mol. The van der Waals surface area contributed by atoms with Gasteiger partial charge in [-0.05, 0) is 93.2 Å². The van der Waals surface area contributed by atoms with Crippen molar-refractivity contribution < 1.29 is 0 Å². The van der Waals surface area contributed by atoms with E-state index in [2.05, 4.69) is 148 Å². The van der Waals surface area contributed by atoms with Crippen molar-refractivity contribution in [2.75, 3.05) is 0 Å². The van der Waals surface area contributed by atoms with Crippen LogP contribution in [0.2, 0.25) is 0 Å². The fourth-order valence-corrected chi connectivity index (χ4v) is 7.06. The Labute approximate surface area is 234 Å². The molecule has 0 amide bonds. The van der Waals surface area contributed by atoms with Gasteiger partial charge in [0.25, 0.3) is 0 Å². The zero-order valence-corrected chi connectivity index (χ0v) is 23.1. The van der Waals surface area contributed by atoms with E-state index < -0.39 is 0 Å². The molecule has 0 saturated carbocycles. The van der Waals surface area contributed by atoms with Crippen molar-refractivity contribution in [3.05, 3.63) is 133 Å². The van der Waals surface area contributed by atoms with Crippen LogP contribution in [0.15, 0.2) is 127 Å². The molecule has 0 radical (unpaired) electrons. The van der Waals surface area contributed by atoms with Crippen LogP contribution in [0.25, 0.3) is 76.1 Å². The first-order valence-electron chi connectivity index (χ1n) is 14.2. The first-order chi connectivity index (χ1) is 19.5. The molecular formula is C40H30. The molecule has 0 bridgehead atoms. The van der Waals surface area contributed by atoms with Crippen LogP contribution < -0.4 is 0 Å². The maximum absolute atomic E-state index is 2.46. The van der Waals surface area contributed by atoms with E-state index >= 15 is 0 Å². The van der Waals surface area contributed by atoms with Crippen molar-refractivity contribution in [1.29, 1.82) is 0 Å². The Morgan fingerprint density at radius 2 is 1.00 bits per heavy atom. The summed E-state index contributed by atoms with van der Waals surface area (Å²) >= 11 is 0. The van der Waals surface area contributed by atoms with Crippen LogP contribution in [0.5, 0.6) is 0 Å². The Balaban J connectivity index is 1.50. The van der Waals surface area contributed by atoms with Crippen molar-refractivity contribution in [1.82, 2.24) is 0 Å². The second-order valence-corrected chi connectivity index (χ2v) is 12.1. The Morgan fingerprint density at radius 3 is 1.75 bits per heavy atom. The van der Waals surface area contributed by atoms with Gasteiger partial charge in [-0.25, -0.2) is 0 Å². The van der Waals surface area contributed by atoms with Crippen LogP contribution in [0.3, 0.4) is 0 Å². The Morgan fingerprint density at radius 1 is 0.400 bits per heavy atom. The third kappa shape index (κ3) is 3.32. The van der Waals surface area contributed by atoms with Gasteiger partial charge in [0.05, 0.1) is 0 Å². The number of rotatable bonds is 2. The Hall–Kier alpha value is -4.68. The van der Waals surface area contributed by atoms with Crippen molar-refractivity contribution in [2.24, 2.45) is 0 Å². The second-order valence-electron chi connectivity index (χ2n) is 12.1. The molecule has 8 rings (SSSR count). The van der Waals surface area contributed by atoms with Gasteiger partial charge in [-0.3, -0.25) is 0 Å². The lowest BCUT2D eigenvalue weighted by Gasteiger charge is -2.26. The van der Waals surface area contributed by atoms with Gasteiger partial charge in [-0.2, -0.15) is 0 Å². The molecule has 0 spiro atoms. The van der Waals surface area contributed by atoms with Gasteiger partial charge in [0.2, 0.25) is 0 Å². The SMILES string of the molecule is CC(C)(C)c1c2ccccc2c(-c2ccccc2)c2ccc(-c3ccc4ccc5cccc6ccc3c4c56)cc12. The summed E-state index contributed by atoms with van der Waals surface area (Å²) in [5.41, 5.74) is 6.54. The summed E-state index contributed by atoms with van der Waals surface area (Å²) in [5, 5.41) is 13.3. The molecule has 0 N–H and O–H groups in total. The number of hydrogen-bond acceptors (Lipinski definition) is 0. The summed E-state index contributed by atoms with van der Waals surface area (Å²) in [5.74, 6) is 0. The lowest BCUT2D eigenvalue weighted by Crippen LogP contribution is -2.13. The van der Waals surface area contributed by atoms with E-state index in [0.717, 1.165) is 0 Å². The zero-order valence-electron chi connectivity index (χ0n) is 23.1. The summed E-state index contributed by atoms with van der Waals surface area (Å²) < 4.78 is 0. The van der Waals surface area contributed by atoms with Crippen LogP contribution >= 0.6 is 0 Å². The maximum atomic E-state index is 2.46. The fourth-order valence-electron chi connectivity index (χ4n) is 7.06. The van der Waals surface area contributed by atoms with E-state index in [1.54, 1.807) is 0 Å². The molecule has 0 saturated heterocycles. The molecule has 40 heavy (non-hydrogen) atoms. The lowest BCUT2D eigenvalue weighted by molar-refractivity contribution is 0.601. The van der Waals surface area contributed by atoms with E-state index in [0.29, 0.717) is 0 Å². The van der Waals surface area contributed by atoms with Crippen molar-refractivity contribution in [3.63, 3.8) is 0 Å². The third-order valence-corrected chi connectivity index (χ3v) is 8.68. The highest BCUT2D eigenvalue weighted by atomic mass is 14.3. The topological polar surface area (TPSA) is 0 Å². The van der Waals surface area contributed by atoms with E-state index in [1.807, 2.05) is 0 Å². The largest absolute Gasteiger partial charge is 0.0622 e. The first kappa shape index (κ1) is 23.2. The molecule has 0 aliphatic rings. The summed E-state index contributed by atoms with van der Waals surface area (Å²) in [6.07, 6.45) is 0. The van der Waals surface area contributed by atoms with E-state index in [9.17, 15) is 0 Å². The van der Waals surface area contributed by atoms with Gasteiger partial charge >= 0.3 is 0 Å². The van der Waals surface area contributed by atoms with Crippen molar-refractivity contribution >= 4 is 53.9 Å². The molecule has 0 unspecified atom stereocenters. The molecule has 190 valence electrons. The highest BCUT2D eigenvalue weighted by molar-refractivity contribution is 6.26. The molecule has 0 nitrogen and oxygen atoms in total. The highest BCUT2D eigenvalue weighted by Gasteiger charge is 2.24. The van der Waals surface area contributed by atoms with Gasteiger partial charge in [-0.15, -0.1) is 0 Å². The van der Waals surface area contributed by atoms with Crippen LogP contribution in [0, 0.1) is 0 Å². The summed E-state index contributed by atoms with van der Waals surface area (Å²) in [4.78, 5) is 0. The number of fused-ring (bicyclic) bond motifs is 2. The van der Waals surface area contributed by atoms with Gasteiger partial charge < -0.3 is 0 Å². The lowest BCUT2D eigenvalue weighted by atomic mass is 9.77. The van der Waals surface area contributed by atoms with Gasteiger partial charge in [-0.1, -0.05) is 142 Å². The molecule has 0 aliphatic carbocycles. The first-order valence-corrected chi connectivity index (χ1v) is 14.2. The minimum atomic E-state index is -0.0195. The van der Waals surface area contributed by atoms with Crippen molar-refractivity contribution in [2.45, 2.75) is 26.2 Å². The number of benzene rings is 8. The van der Waals surface area contributed by atoms with Crippen LogP contribution in [0.1, 0.15) is 26.3 Å². The predicted octanol–water partition coefficient (Wildman–Crippen LogP) is 11.5. The minimum absolute atomic E-state index is 0.0195. The molecule has 8 aromatic carbocycles. The number of hydrogen-bond donors (Lipinski definition) is 0. The normalized spacial score (nSPS) is 12.4. The van der Waals surface area contributed by atoms with E-state index in [-0.39, 0.29) is 5.41 Å². The van der Waals surface area contributed by atoms with E-state index in [1.165, 1.54) is 81.7 Å². The minimum Gasteiger partial charge on any atom is -0.0622 e. The summed E-state index contributed by atoms with van der Waals surface area (Å²) in [6, 6.07) is 47.4. The molecule has 0 atom stereocenters. The molecule has 8 aromatic rings. The summed E-state index contributed by atoms with van der Waals surface area (Å²) in [6.45, 7) is 7.04. The smallest absolute Gasteiger partial charge is 0.00206 e. The quantitative estimate of drug-likeness (QED) is 0.160.